The van der Waals surface area contributed by atoms with Gasteiger partial charge in [-0.3, -0.25) is 9.59 Å². The van der Waals surface area contributed by atoms with Crippen LogP contribution in [0.15, 0.2) is 30.5 Å². The van der Waals surface area contributed by atoms with Crippen LogP contribution in [0.5, 0.6) is 0 Å². The number of hydrogen-bond acceptors (Lipinski definition) is 3. The lowest BCUT2D eigenvalue weighted by Gasteiger charge is -2.12. The van der Waals surface area contributed by atoms with E-state index in [1.807, 2.05) is 13.8 Å². The van der Waals surface area contributed by atoms with Crippen molar-refractivity contribution in [3.63, 3.8) is 0 Å². The zero-order valence-electron chi connectivity index (χ0n) is 11.9. The van der Waals surface area contributed by atoms with Crippen LogP contribution in [0, 0.1) is 0 Å². The van der Waals surface area contributed by atoms with Gasteiger partial charge in [-0.1, -0.05) is 23.2 Å². The van der Waals surface area contributed by atoms with Crippen LogP contribution in [0.4, 0.5) is 11.5 Å². The van der Waals surface area contributed by atoms with Crippen molar-refractivity contribution in [3.05, 3.63) is 40.5 Å². The van der Waals surface area contributed by atoms with Crippen LogP contribution >= 0.6 is 23.2 Å². The zero-order chi connectivity index (χ0) is 16.3. The topological polar surface area (TPSA) is 76.0 Å². The molecule has 1 aromatic heterocycles. The summed E-state index contributed by atoms with van der Waals surface area (Å²) in [7, 11) is 0. The van der Waals surface area contributed by atoms with Crippen LogP contribution in [-0.4, -0.2) is 21.6 Å². The molecule has 0 fully saturated rings. The van der Waals surface area contributed by atoms with E-state index in [1.165, 1.54) is 12.1 Å². The first-order valence-electron chi connectivity index (χ1n) is 6.49. The highest BCUT2D eigenvalue weighted by atomic mass is 35.5. The van der Waals surface area contributed by atoms with Gasteiger partial charge in [-0.15, -0.1) is 0 Å². The molecule has 22 heavy (non-hydrogen) atoms. The predicted molar refractivity (Wildman–Crippen MR) is 86.3 cm³/mol. The molecule has 0 aliphatic rings. The molecular formula is C14H14Cl2N4O2. The molecule has 2 N–H and O–H groups in total. The maximum absolute atomic E-state index is 11.9. The van der Waals surface area contributed by atoms with Crippen LogP contribution in [-0.2, 0) is 9.59 Å². The second-order valence-electron chi connectivity index (χ2n) is 4.79. The van der Waals surface area contributed by atoms with Crippen molar-refractivity contribution in [1.82, 2.24) is 9.78 Å². The Labute approximate surface area is 137 Å². The van der Waals surface area contributed by atoms with Crippen molar-refractivity contribution in [1.29, 1.82) is 0 Å². The molecule has 0 aliphatic carbocycles. The molecule has 6 nitrogen and oxygen atoms in total. The highest BCUT2D eigenvalue weighted by Gasteiger charge is 2.18. The highest BCUT2D eigenvalue weighted by Crippen LogP contribution is 2.25. The lowest BCUT2D eigenvalue weighted by Crippen LogP contribution is -2.30. The predicted octanol–water partition coefficient (Wildman–Crippen LogP) is 3.35. The lowest BCUT2D eigenvalue weighted by molar-refractivity contribution is -0.133. The summed E-state index contributed by atoms with van der Waals surface area (Å²) in [6.45, 7) is 3.82. The Hall–Kier alpha value is -2.05. The fourth-order valence-electron chi connectivity index (χ4n) is 1.77. The Morgan fingerprint density at radius 2 is 1.82 bits per heavy atom. The van der Waals surface area contributed by atoms with E-state index in [4.69, 9.17) is 23.2 Å². The number of nitrogens with one attached hydrogen (secondary N) is 2. The molecule has 1 heterocycles. The van der Waals surface area contributed by atoms with Crippen molar-refractivity contribution in [2.45, 2.75) is 19.9 Å². The summed E-state index contributed by atoms with van der Waals surface area (Å²) in [6.07, 6.45) is 1.54. The zero-order valence-corrected chi connectivity index (χ0v) is 13.4. The second-order valence-corrected chi connectivity index (χ2v) is 5.63. The molecule has 0 aliphatic heterocycles. The molecular weight excluding hydrogens is 327 g/mol. The van der Waals surface area contributed by atoms with E-state index in [9.17, 15) is 9.59 Å². The molecule has 0 atom stereocenters. The molecule has 0 radical (unpaired) electrons. The maximum atomic E-state index is 11.9. The van der Waals surface area contributed by atoms with E-state index in [-0.39, 0.29) is 16.8 Å². The number of halogens is 2. The first-order valence-corrected chi connectivity index (χ1v) is 7.25. The Bertz CT molecular complexity index is 713. The van der Waals surface area contributed by atoms with Gasteiger partial charge in [0.1, 0.15) is 5.82 Å². The molecule has 0 saturated carbocycles. The Balaban J connectivity index is 2.08. The standard InChI is InChI=1S/C14H14Cl2N4O2/c1-8(2)20-12(5-6-17-20)19-14(22)13(21)18-11-7-9(15)3-4-10(11)16/h3-8H,1-2H3,(H,18,21)(H,19,22). The first kappa shape index (κ1) is 16.3. The number of benzene rings is 1. The maximum Gasteiger partial charge on any atom is 0.315 e. The summed E-state index contributed by atoms with van der Waals surface area (Å²) >= 11 is 11.8. The van der Waals surface area contributed by atoms with Gasteiger partial charge in [0.25, 0.3) is 0 Å². The molecule has 8 heteroatoms. The van der Waals surface area contributed by atoms with E-state index in [0.29, 0.717) is 10.8 Å². The van der Waals surface area contributed by atoms with Gasteiger partial charge < -0.3 is 10.6 Å². The number of hydrogen-bond donors (Lipinski definition) is 2. The largest absolute Gasteiger partial charge is 0.316 e. The molecule has 116 valence electrons. The Morgan fingerprint density at radius 3 is 2.50 bits per heavy atom. The third kappa shape index (κ3) is 3.78. The van der Waals surface area contributed by atoms with Gasteiger partial charge in [0.2, 0.25) is 0 Å². The molecule has 2 amide bonds. The second kappa shape index (κ2) is 6.81. The number of anilines is 2. The van der Waals surface area contributed by atoms with Crippen LogP contribution < -0.4 is 10.6 Å². The highest BCUT2D eigenvalue weighted by molar-refractivity contribution is 6.45. The van der Waals surface area contributed by atoms with E-state index in [2.05, 4.69) is 15.7 Å². The van der Waals surface area contributed by atoms with Gasteiger partial charge in [-0.25, -0.2) is 4.68 Å². The minimum absolute atomic E-state index is 0.0516. The fraction of sp³-hybridized carbons (Fsp3) is 0.214. The number of aromatic nitrogens is 2. The monoisotopic (exact) mass is 340 g/mol. The molecule has 0 bridgehead atoms. The van der Waals surface area contributed by atoms with Gasteiger partial charge in [0, 0.05) is 17.1 Å². The van der Waals surface area contributed by atoms with Gasteiger partial charge in [0.05, 0.1) is 16.9 Å². The van der Waals surface area contributed by atoms with Gasteiger partial charge in [0.15, 0.2) is 0 Å². The minimum atomic E-state index is -0.847. The first-order chi connectivity index (χ1) is 10.4. The third-order valence-electron chi connectivity index (χ3n) is 2.78. The van der Waals surface area contributed by atoms with Crippen molar-refractivity contribution in [2.75, 3.05) is 10.6 Å². The summed E-state index contributed by atoms with van der Waals surface area (Å²) in [6, 6.07) is 6.24. The molecule has 0 unspecified atom stereocenters. The van der Waals surface area contributed by atoms with Gasteiger partial charge in [-0.05, 0) is 32.0 Å². The summed E-state index contributed by atoms with van der Waals surface area (Å²) in [5.41, 5.74) is 0.270. The Kier molecular flexibility index (Phi) is 5.05. The smallest absolute Gasteiger partial charge is 0.315 e. The van der Waals surface area contributed by atoms with Gasteiger partial charge in [-0.2, -0.15) is 5.10 Å². The number of carbonyl (C=O) groups excluding carboxylic acids is 2. The number of amides is 2. The van der Waals surface area contributed by atoms with Crippen LogP contribution in [0.25, 0.3) is 0 Å². The van der Waals surface area contributed by atoms with E-state index >= 15 is 0 Å². The molecule has 0 spiro atoms. The Morgan fingerprint density at radius 1 is 1.14 bits per heavy atom. The minimum Gasteiger partial charge on any atom is -0.316 e. The summed E-state index contributed by atoms with van der Waals surface area (Å²) < 4.78 is 1.59. The molecule has 1 aromatic carbocycles. The summed E-state index contributed by atoms with van der Waals surface area (Å²) in [4.78, 5) is 23.9. The normalized spacial score (nSPS) is 10.6. The van der Waals surface area contributed by atoms with Gasteiger partial charge >= 0.3 is 11.8 Å². The van der Waals surface area contributed by atoms with E-state index in [1.54, 1.807) is 23.0 Å². The van der Waals surface area contributed by atoms with Crippen LogP contribution in [0.1, 0.15) is 19.9 Å². The summed E-state index contributed by atoms with van der Waals surface area (Å²) in [5.74, 6) is -1.23. The van der Waals surface area contributed by atoms with Crippen molar-refractivity contribution >= 4 is 46.5 Å². The SMILES string of the molecule is CC(C)n1nccc1NC(=O)C(=O)Nc1cc(Cl)ccc1Cl. The molecule has 2 rings (SSSR count). The number of rotatable bonds is 3. The van der Waals surface area contributed by atoms with Crippen molar-refractivity contribution in [2.24, 2.45) is 0 Å². The fourth-order valence-corrected chi connectivity index (χ4v) is 2.11. The summed E-state index contributed by atoms with van der Waals surface area (Å²) in [5, 5.41) is 9.67. The van der Waals surface area contributed by atoms with Crippen LogP contribution in [0.3, 0.4) is 0 Å². The van der Waals surface area contributed by atoms with E-state index < -0.39 is 11.8 Å². The number of carbonyl (C=O) groups is 2. The van der Waals surface area contributed by atoms with Crippen LogP contribution in [0.2, 0.25) is 10.0 Å². The van der Waals surface area contributed by atoms with Crippen molar-refractivity contribution in [3.8, 4) is 0 Å². The van der Waals surface area contributed by atoms with Crippen molar-refractivity contribution < 1.29 is 9.59 Å². The lowest BCUT2D eigenvalue weighted by atomic mass is 10.3. The van der Waals surface area contributed by atoms with E-state index in [0.717, 1.165) is 0 Å². The molecule has 0 saturated heterocycles. The molecule has 2 aromatic rings. The third-order valence-corrected chi connectivity index (χ3v) is 3.35. The quantitative estimate of drug-likeness (QED) is 0.841. The average Bonchev–Trinajstić information content (AvgIpc) is 2.91. The average molecular weight is 341 g/mol. The number of nitrogens with zero attached hydrogens (tertiary/aromatic N) is 2.